The largest absolute Gasteiger partial charge is 0.370 e. The molecule has 2 aliphatic heterocycles. The van der Waals surface area contributed by atoms with Crippen LogP contribution in [0.4, 0.5) is 20.7 Å². The van der Waals surface area contributed by atoms with Gasteiger partial charge in [-0.2, -0.15) is 0 Å². The fourth-order valence-electron chi connectivity index (χ4n) is 3.29. The van der Waals surface area contributed by atoms with E-state index in [4.69, 9.17) is 4.98 Å². The van der Waals surface area contributed by atoms with Crippen molar-refractivity contribution in [1.29, 1.82) is 0 Å². The lowest BCUT2D eigenvalue weighted by molar-refractivity contribution is 0.206. The third-order valence-corrected chi connectivity index (χ3v) is 4.53. The maximum Gasteiger partial charge on any atom is 0.322 e. The molecule has 0 spiro atoms. The van der Waals surface area contributed by atoms with E-state index < -0.39 is 0 Å². The van der Waals surface area contributed by atoms with Crippen molar-refractivity contribution in [3.63, 3.8) is 0 Å². The van der Waals surface area contributed by atoms with E-state index in [1.807, 2.05) is 0 Å². The maximum absolute atomic E-state index is 13.2. The SMILES string of the molecule is Cl.O=C(Nc1cccc(F)c1)N1CCc2nc3c(cc2C1)CCCN3. The average Bonchev–Trinajstić information content (AvgIpc) is 2.59. The van der Waals surface area contributed by atoms with Crippen molar-refractivity contribution in [2.45, 2.75) is 25.8 Å². The van der Waals surface area contributed by atoms with Gasteiger partial charge in [0.2, 0.25) is 0 Å². The normalized spacial score (nSPS) is 15.3. The van der Waals surface area contributed by atoms with E-state index in [2.05, 4.69) is 16.7 Å². The predicted octanol–water partition coefficient (Wildman–Crippen LogP) is 3.59. The smallest absolute Gasteiger partial charge is 0.322 e. The lowest BCUT2D eigenvalue weighted by atomic mass is 9.99. The summed E-state index contributed by atoms with van der Waals surface area (Å²) < 4.78 is 13.2. The second-order valence-electron chi connectivity index (χ2n) is 6.24. The number of pyridine rings is 1. The Bertz CT molecular complexity index is 799. The number of carbonyl (C=O) groups excluding carboxylic acids is 1. The minimum Gasteiger partial charge on any atom is -0.370 e. The van der Waals surface area contributed by atoms with Crippen molar-refractivity contribution in [2.24, 2.45) is 0 Å². The summed E-state index contributed by atoms with van der Waals surface area (Å²) in [6.07, 6.45) is 2.87. The molecule has 1 aromatic carbocycles. The van der Waals surface area contributed by atoms with Crippen molar-refractivity contribution in [3.05, 3.63) is 53.0 Å². The Morgan fingerprint density at radius 1 is 1.24 bits per heavy atom. The molecule has 5 nitrogen and oxygen atoms in total. The van der Waals surface area contributed by atoms with Gasteiger partial charge in [-0.15, -0.1) is 12.4 Å². The molecule has 0 saturated heterocycles. The summed E-state index contributed by atoms with van der Waals surface area (Å²) in [7, 11) is 0. The van der Waals surface area contributed by atoms with Crippen LogP contribution in [0.3, 0.4) is 0 Å². The third kappa shape index (κ3) is 3.69. The number of carbonyl (C=O) groups is 1. The number of aromatic nitrogens is 1. The molecule has 1 aromatic heterocycles. The van der Waals surface area contributed by atoms with Crippen molar-refractivity contribution < 1.29 is 9.18 Å². The van der Waals surface area contributed by atoms with Crippen LogP contribution in [0.5, 0.6) is 0 Å². The number of rotatable bonds is 1. The van der Waals surface area contributed by atoms with Crippen molar-refractivity contribution in [3.8, 4) is 0 Å². The van der Waals surface area contributed by atoms with Crippen LogP contribution < -0.4 is 10.6 Å². The van der Waals surface area contributed by atoms with E-state index >= 15 is 0 Å². The molecule has 0 fully saturated rings. The van der Waals surface area contributed by atoms with Crippen LogP contribution in [0.15, 0.2) is 30.3 Å². The number of anilines is 2. The standard InChI is InChI=1S/C18H19FN4O.ClH/c19-14-4-1-5-15(10-14)21-18(24)23-8-6-16-13(11-23)9-12-3-2-7-20-17(12)22-16;/h1,4-5,9-10H,2-3,6-8,11H2,(H,20,22)(H,21,24);1H. The Morgan fingerprint density at radius 2 is 2.12 bits per heavy atom. The number of aryl methyl sites for hydroxylation is 1. The van der Waals surface area contributed by atoms with Crippen LogP contribution in [0, 0.1) is 5.82 Å². The summed E-state index contributed by atoms with van der Waals surface area (Å²) in [4.78, 5) is 18.9. The molecular formula is C18H20ClFN4O. The number of hydrogen-bond donors (Lipinski definition) is 2. The van der Waals surface area contributed by atoms with Gasteiger partial charge in [0.1, 0.15) is 11.6 Å². The minimum atomic E-state index is -0.361. The average molecular weight is 363 g/mol. The number of benzene rings is 1. The number of hydrogen-bond acceptors (Lipinski definition) is 3. The Balaban J connectivity index is 0.00000182. The molecule has 7 heteroatoms. The van der Waals surface area contributed by atoms with E-state index in [0.717, 1.165) is 42.9 Å². The zero-order valence-electron chi connectivity index (χ0n) is 13.7. The number of nitrogens with one attached hydrogen (secondary N) is 2. The molecule has 2 N–H and O–H groups in total. The summed E-state index contributed by atoms with van der Waals surface area (Å²) in [5.74, 6) is 0.637. The fraction of sp³-hybridized carbons (Fsp3) is 0.333. The van der Waals surface area contributed by atoms with Crippen LogP contribution in [-0.2, 0) is 19.4 Å². The van der Waals surface area contributed by atoms with Gasteiger partial charge < -0.3 is 15.5 Å². The molecule has 25 heavy (non-hydrogen) atoms. The van der Waals surface area contributed by atoms with Crippen LogP contribution >= 0.6 is 12.4 Å². The van der Waals surface area contributed by atoms with E-state index in [1.165, 1.54) is 17.7 Å². The molecule has 0 bridgehead atoms. The first-order valence-corrected chi connectivity index (χ1v) is 8.26. The molecule has 4 rings (SSSR count). The molecule has 0 radical (unpaired) electrons. The minimum absolute atomic E-state index is 0. The molecule has 0 aliphatic carbocycles. The molecule has 2 aliphatic rings. The van der Waals surface area contributed by atoms with Crippen LogP contribution in [0.1, 0.15) is 23.2 Å². The monoisotopic (exact) mass is 362 g/mol. The Hall–Kier alpha value is -2.34. The van der Waals surface area contributed by atoms with Crippen molar-refractivity contribution >= 4 is 29.9 Å². The van der Waals surface area contributed by atoms with Gasteiger partial charge in [-0.25, -0.2) is 14.2 Å². The van der Waals surface area contributed by atoms with Crippen molar-refractivity contribution in [2.75, 3.05) is 23.7 Å². The second-order valence-corrected chi connectivity index (χ2v) is 6.24. The Morgan fingerprint density at radius 3 is 2.96 bits per heavy atom. The molecule has 132 valence electrons. The van der Waals surface area contributed by atoms with Crippen LogP contribution in [-0.4, -0.2) is 29.0 Å². The Kier molecular flexibility index (Phi) is 5.08. The fourth-order valence-corrected chi connectivity index (χ4v) is 3.29. The summed E-state index contributed by atoms with van der Waals surface area (Å²) in [6.45, 7) is 2.12. The van der Waals surface area contributed by atoms with Gasteiger partial charge >= 0.3 is 6.03 Å². The summed E-state index contributed by atoms with van der Waals surface area (Å²) in [6, 6.07) is 7.91. The van der Waals surface area contributed by atoms with Crippen LogP contribution in [0.25, 0.3) is 0 Å². The second kappa shape index (κ2) is 7.27. The quantitative estimate of drug-likeness (QED) is 0.815. The maximum atomic E-state index is 13.2. The van der Waals surface area contributed by atoms with Crippen LogP contribution in [0.2, 0.25) is 0 Å². The molecule has 0 atom stereocenters. The number of halogens is 2. The van der Waals surface area contributed by atoms with Gasteiger partial charge in [0.05, 0.1) is 0 Å². The molecule has 0 unspecified atom stereocenters. The highest BCUT2D eigenvalue weighted by Crippen LogP contribution is 2.26. The number of urea groups is 1. The molecular weight excluding hydrogens is 343 g/mol. The highest BCUT2D eigenvalue weighted by molar-refractivity contribution is 5.89. The third-order valence-electron chi connectivity index (χ3n) is 4.53. The lowest BCUT2D eigenvalue weighted by Crippen LogP contribution is -2.39. The summed E-state index contributed by atoms with van der Waals surface area (Å²) in [5, 5.41) is 6.10. The van der Waals surface area contributed by atoms with E-state index in [1.54, 1.807) is 17.0 Å². The first-order chi connectivity index (χ1) is 11.7. The zero-order valence-corrected chi connectivity index (χ0v) is 14.5. The molecule has 0 saturated carbocycles. The van der Waals surface area contributed by atoms with Gasteiger partial charge in [0.25, 0.3) is 0 Å². The van der Waals surface area contributed by atoms with E-state index in [-0.39, 0.29) is 24.3 Å². The number of amides is 2. The van der Waals surface area contributed by atoms with E-state index in [9.17, 15) is 9.18 Å². The van der Waals surface area contributed by atoms with Gasteiger partial charge in [-0.3, -0.25) is 0 Å². The molecule has 3 heterocycles. The first-order valence-electron chi connectivity index (χ1n) is 8.26. The van der Waals surface area contributed by atoms with Gasteiger partial charge in [0.15, 0.2) is 0 Å². The highest BCUT2D eigenvalue weighted by atomic mass is 35.5. The lowest BCUT2D eigenvalue weighted by Gasteiger charge is -2.30. The van der Waals surface area contributed by atoms with E-state index in [0.29, 0.717) is 18.8 Å². The van der Waals surface area contributed by atoms with Gasteiger partial charge in [-0.05, 0) is 48.2 Å². The summed E-state index contributed by atoms with van der Waals surface area (Å²) >= 11 is 0. The number of nitrogens with zero attached hydrogens (tertiary/aromatic N) is 2. The Labute approximate surface area is 152 Å². The molecule has 2 amide bonds. The predicted molar refractivity (Wildman–Crippen MR) is 97.8 cm³/mol. The summed E-state index contributed by atoms with van der Waals surface area (Å²) in [5.41, 5.74) is 3.88. The first kappa shape index (κ1) is 17.5. The zero-order chi connectivity index (χ0) is 16.5. The van der Waals surface area contributed by atoms with Crippen molar-refractivity contribution in [1.82, 2.24) is 9.88 Å². The number of fused-ring (bicyclic) bond motifs is 2. The molecule has 2 aromatic rings. The highest BCUT2D eigenvalue weighted by Gasteiger charge is 2.24. The topological polar surface area (TPSA) is 57.3 Å². The van der Waals surface area contributed by atoms with Gasteiger partial charge in [-0.1, -0.05) is 6.07 Å². The van der Waals surface area contributed by atoms with Gasteiger partial charge in [0, 0.05) is 37.4 Å².